The van der Waals surface area contributed by atoms with Crippen molar-refractivity contribution in [2.45, 2.75) is 58.0 Å². The average Bonchev–Trinajstić information content (AvgIpc) is 2.74. The lowest BCUT2D eigenvalue weighted by Gasteiger charge is -2.31. The Morgan fingerprint density at radius 1 is 1.06 bits per heavy atom. The van der Waals surface area contributed by atoms with Crippen molar-refractivity contribution < 1.29 is 9.59 Å². The minimum absolute atomic E-state index is 0.0129. The number of hydrogen-bond acceptors (Lipinski definition) is 3. The molecule has 0 saturated heterocycles. The number of nitrogens with one attached hydrogen (secondary N) is 1. The molecule has 0 aromatic heterocycles. The summed E-state index contributed by atoms with van der Waals surface area (Å²) in [5, 5.41) is 3.64. The molecule has 0 fully saturated rings. The van der Waals surface area contributed by atoms with Gasteiger partial charge in [0.1, 0.15) is 6.04 Å². The normalized spacial score (nSPS) is 11.9. The first kappa shape index (κ1) is 25.3. The Morgan fingerprint density at radius 2 is 1.71 bits per heavy atom. The number of aryl methyl sites for hydroxylation is 1. The van der Waals surface area contributed by atoms with Gasteiger partial charge < -0.3 is 10.2 Å². The summed E-state index contributed by atoms with van der Waals surface area (Å²) < 4.78 is 0. The summed E-state index contributed by atoms with van der Waals surface area (Å²) in [6, 6.07) is 15.2. The Hall–Kier alpha value is -1.98. The summed E-state index contributed by atoms with van der Waals surface area (Å²) >= 11 is 7.67. The zero-order chi connectivity index (χ0) is 22.8. The number of amides is 2. The number of nitrogens with zero attached hydrogens (tertiary/aromatic N) is 1. The van der Waals surface area contributed by atoms with E-state index >= 15 is 0 Å². The van der Waals surface area contributed by atoms with E-state index in [1.165, 1.54) is 5.56 Å². The van der Waals surface area contributed by atoms with Gasteiger partial charge in [-0.3, -0.25) is 9.59 Å². The zero-order valence-corrected chi connectivity index (χ0v) is 20.4. The van der Waals surface area contributed by atoms with Crippen LogP contribution in [0.5, 0.6) is 0 Å². The molecular formula is C25H33ClN2O2S. The van der Waals surface area contributed by atoms with Crippen LogP contribution >= 0.6 is 23.4 Å². The van der Waals surface area contributed by atoms with Crippen LogP contribution in [0.15, 0.2) is 53.4 Å². The van der Waals surface area contributed by atoms with Crippen molar-refractivity contribution in [2.24, 2.45) is 5.92 Å². The van der Waals surface area contributed by atoms with Gasteiger partial charge in [0, 0.05) is 35.2 Å². The van der Waals surface area contributed by atoms with Crippen molar-refractivity contribution in [2.75, 3.05) is 12.3 Å². The minimum atomic E-state index is -0.494. The molecule has 0 radical (unpaired) electrons. The highest BCUT2D eigenvalue weighted by atomic mass is 35.5. The van der Waals surface area contributed by atoms with Gasteiger partial charge in [-0.25, -0.2) is 0 Å². The molecule has 31 heavy (non-hydrogen) atoms. The first-order chi connectivity index (χ1) is 14.8. The molecule has 0 saturated carbocycles. The second kappa shape index (κ2) is 12.8. The summed E-state index contributed by atoms with van der Waals surface area (Å²) in [6.07, 6.45) is 0.939. The van der Waals surface area contributed by atoms with Crippen molar-refractivity contribution in [3.8, 4) is 0 Å². The number of carbonyl (C=O) groups is 2. The van der Waals surface area contributed by atoms with Crippen LogP contribution in [0.4, 0.5) is 0 Å². The van der Waals surface area contributed by atoms with Gasteiger partial charge >= 0.3 is 0 Å². The van der Waals surface area contributed by atoms with Crippen LogP contribution in [0.25, 0.3) is 0 Å². The van der Waals surface area contributed by atoms with Crippen molar-refractivity contribution in [1.82, 2.24) is 10.2 Å². The van der Waals surface area contributed by atoms with E-state index in [1.807, 2.05) is 31.2 Å². The maximum Gasteiger partial charge on any atom is 0.242 e. The summed E-state index contributed by atoms with van der Waals surface area (Å²) in [5.74, 6) is 0.918. The lowest BCUT2D eigenvalue weighted by Crippen LogP contribution is -2.49. The largest absolute Gasteiger partial charge is 0.354 e. The Kier molecular flexibility index (Phi) is 10.4. The second-order valence-electron chi connectivity index (χ2n) is 8.12. The van der Waals surface area contributed by atoms with Crippen molar-refractivity contribution >= 4 is 35.2 Å². The lowest BCUT2D eigenvalue weighted by atomic mass is 10.1. The maximum absolute atomic E-state index is 13.2. The maximum atomic E-state index is 13.2. The number of carbonyl (C=O) groups excluding carboxylic acids is 2. The minimum Gasteiger partial charge on any atom is -0.354 e. The van der Waals surface area contributed by atoms with Crippen LogP contribution in [0, 0.1) is 12.8 Å². The molecule has 4 nitrogen and oxygen atoms in total. The molecule has 2 aromatic carbocycles. The highest BCUT2D eigenvalue weighted by Gasteiger charge is 2.28. The van der Waals surface area contributed by atoms with E-state index in [0.29, 0.717) is 42.6 Å². The van der Waals surface area contributed by atoms with Crippen LogP contribution < -0.4 is 5.32 Å². The van der Waals surface area contributed by atoms with Crippen molar-refractivity contribution in [3.05, 3.63) is 64.7 Å². The molecule has 0 spiro atoms. The molecule has 0 bridgehead atoms. The smallest absolute Gasteiger partial charge is 0.242 e. The monoisotopic (exact) mass is 460 g/mol. The fraction of sp³-hybridized carbons (Fsp3) is 0.440. The quantitative estimate of drug-likeness (QED) is 0.437. The number of halogens is 1. The fourth-order valence-corrected chi connectivity index (χ4v) is 4.13. The molecule has 0 unspecified atom stereocenters. The highest BCUT2D eigenvalue weighted by molar-refractivity contribution is 7.99. The van der Waals surface area contributed by atoms with Gasteiger partial charge in [0.2, 0.25) is 11.8 Å². The Balaban J connectivity index is 2.10. The van der Waals surface area contributed by atoms with Crippen LogP contribution in [-0.2, 0) is 16.1 Å². The van der Waals surface area contributed by atoms with Gasteiger partial charge in [-0.15, -0.1) is 11.8 Å². The van der Waals surface area contributed by atoms with Crippen LogP contribution in [0.1, 0.15) is 44.7 Å². The highest BCUT2D eigenvalue weighted by Crippen LogP contribution is 2.21. The summed E-state index contributed by atoms with van der Waals surface area (Å²) in [5.41, 5.74) is 2.17. The Labute approximate surface area is 195 Å². The van der Waals surface area contributed by atoms with Crippen molar-refractivity contribution in [3.63, 3.8) is 0 Å². The first-order valence-corrected chi connectivity index (χ1v) is 12.2. The second-order valence-corrected chi connectivity index (χ2v) is 9.73. The number of benzene rings is 2. The van der Waals surface area contributed by atoms with E-state index in [4.69, 9.17) is 11.6 Å². The SMILES string of the molecule is CC[C@@H](C(=O)NCC(C)C)N(Cc1ccc(Cl)cc1)C(=O)CCSc1ccc(C)cc1. The van der Waals surface area contributed by atoms with Crippen LogP contribution in [0.3, 0.4) is 0 Å². The topological polar surface area (TPSA) is 49.4 Å². The molecule has 1 N–H and O–H groups in total. The predicted octanol–water partition coefficient (Wildman–Crippen LogP) is 5.71. The van der Waals surface area contributed by atoms with Gasteiger partial charge in [-0.05, 0) is 49.1 Å². The third kappa shape index (κ3) is 8.58. The van der Waals surface area contributed by atoms with E-state index in [9.17, 15) is 9.59 Å². The Bertz CT molecular complexity index is 838. The van der Waals surface area contributed by atoms with E-state index in [-0.39, 0.29) is 11.8 Å². The first-order valence-electron chi connectivity index (χ1n) is 10.8. The van der Waals surface area contributed by atoms with E-state index in [0.717, 1.165) is 10.5 Å². The number of rotatable bonds is 11. The van der Waals surface area contributed by atoms with Gasteiger partial charge in [0.05, 0.1) is 0 Å². The molecule has 0 heterocycles. The molecule has 168 valence electrons. The zero-order valence-electron chi connectivity index (χ0n) is 18.9. The van der Waals surface area contributed by atoms with E-state index in [2.05, 4.69) is 50.4 Å². The van der Waals surface area contributed by atoms with E-state index < -0.39 is 6.04 Å². The summed E-state index contributed by atoms with van der Waals surface area (Å²) in [6.45, 7) is 9.10. The molecule has 2 aromatic rings. The standard InChI is InChI=1S/C25H33ClN2O2S/c1-5-23(25(30)27-16-18(2)3)28(17-20-8-10-21(26)11-9-20)24(29)14-15-31-22-12-6-19(4)7-13-22/h6-13,18,23H,5,14-17H2,1-4H3,(H,27,30)/t23-/m0/s1. The summed E-state index contributed by atoms with van der Waals surface area (Å²) in [7, 11) is 0. The molecule has 0 aliphatic rings. The molecule has 1 atom stereocenters. The molecule has 2 amide bonds. The van der Waals surface area contributed by atoms with Crippen LogP contribution in [0.2, 0.25) is 5.02 Å². The average molecular weight is 461 g/mol. The van der Waals surface area contributed by atoms with Gasteiger partial charge in [0.25, 0.3) is 0 Å². The Morgan fingerprint density at radius 3 is 2.29 bits per heavy atom. The van der Waals surface area contributed by atoms with Gasteiger partial charge in [-0.2, -0.15) is 0 Å². The van der Waals surface area contributed by atoms with Gasteiger partial charge in [0.15, 0.2) is 0 Å². The molecule has 6 heteroatoms. The third-order valence-corrected chi connectivity index (χ3v) is 6.21. The molecular weight excluding hydrogens is 428 g/mol. The number of hydrogen-bond donors (Lipinski definition) is 1. The third-order valence-electron chi connectivity index (χ3n) is 4.94. The van der Waals surface area contributed by atoms with Crippen LogP contribution in [-0.4, -0.2) is 35.1 Å². The van der Waals surface area contributed by atoms with Gasteiger partial charge in [-0.1, -0.05) is 62.2 Å². The molecule has 0 aliphatic carbocycles. The van der Waals surface area contributed by atoms with E-state index in [1.54, 1.807) is 16.7 Å². The molecule has 0 aliphatic heterocycles. The number of thioether (sulfide) groups is 1. The fourth-order valence-electron chi connectivity index (χ4n) is 3.16. The molecule has 2 rings (SSSR count). The predicted molar refractivity (Wildman–Crippen MR) is 130 cm³/mol. The lowest BCUT2D eigenvalue weighted by molar-refractivity contribution is -0.141. The van der Waals surface area contributed by atoms with Crippen molar-refractivity contribution in [1.29, 1.82) is 0 Å². The summed E-state index contributed by atoms with van der Waals surface area (Å²) in [4.78, 5) is 28.9.